The van der Waals surface area contributed by atoms with Crippen molar-refractivity contribution in [3.63, 3.8) is 0 Å². The molecule has 0 aliphatic carbocycles. The lowest BCUT2D eigenvalue weighted by Gasteiger charge is -2.10. The molecule has 26 heavy (non-hydrogen) atoms. The standard InChI is InChI=1S/C21H16ClN3O/c1-14-7-9-17(26-14)13-23-25-21-12-18(15-5-3-2-4-6-15)19-11-16(22)8-10-20(19)24-21/h2-13H,1H3,(H,24,25)/b23-13+. The van der Waals surface area contributed by atoms with Gasteiger partial charge in [0.15, 0.2) is 0 Å². The van der Waals surface area contributed by atoms with Crippen LogP contribution in [-0.4, -0.2) is 11.2 Å². The summed E-state index contributed by atoms with van der Waals surface area (Å²) in [4.78, 5) is 4.62. The molecule has 0 saturated heterocycles. The first-order chi connectivity index (χ1) is 12.7. The number of fused-ring (bicyclic) bond motifs is 1. The summed E-state index contributed by atoms with van der Waals surface area (Å²) in [6.45, 7) is 1.90. The summed E-state index contributed by atoms with van der Waals surface area (Å²) in [6.07, 6.45) is 1.63. The van der Waals surface area contributed by atoms with Gasteiger partial charge in [-0.2, -0.15) is 5.10 Å². The van der Waals surface area contributed by atoms with Crippen molar-refractivity contribution in [2.45, 2.75) is 6.92 Å². The Kier molecular flexibility index (Phi) is 4.42. The number of hydrazone groups is 1. The first-order valence-corrected chi connectivity index (χ1v) is 8.58. The number of anilines is 1. The summed E-state index contributed by atoms with van der Waals surface area (Å²) in [5, 5.41) is 5.91. The maximum Gasteiger partial charge on any atom is 0.147 e. The van der Waals surface area contributed by atoms with E-state index < -0.39 is 0 Å². The number of hydrogen-bond donors (Lipinski definition) is 1. The van der Waals surface area contributed by atoms with E-state index in [0.29, 0.717) is 16.6 Å². The van der Waals surface area contributed by atoms with Gasteiger partial charge in [0.2, 0.25) is 0 Å². The highest BCUT2D eigenvalue weighted by Gasteiger charge is 2.08. The van der Waals surface area contributed by atoms with Crippen LogP contribution in [0.5, 0.6) is 0 Å². The van der Waals surface area contributed by atoms with Gasteiger partial charge in [-0.3, -0.25) is 5.43 Å². The highest BCUT2D eigenvalue weighted by Crippen LogP contribution is 2.31. The predicted octanol–water partition coefficient (Wildman–Crippen LogP) is 5.90. The van der Waals surface area contributed by atoms with Gasteiger partial charge in [0.25, 0.3) is 0 Å². The van der Waals surface area contributed by atoms with Crippen molar-refractivity contribution in [3.05, 3.63) is 83.3 Å². The van der Waals surface area contributed by atoms with Crippen molar-refractivity contribution < 1.29 is 4.42 Å². The third kappa shape index (κ3) is 3.46. The van der Waals surface area contributed by atoms with Gasteiger partial charge in [0, 0.05) is 10.4 Å². The number of furan rings is 1. The molecule has 0 fully saturated rings. The Morgan fingerprint density at radius 2 is 1.88 bits per heavy atom. The van der Waals surface area contributed by atoms with Crippen molar-refractivity contribution in [2.75, 3.05) is 5.43 Å². The predicted molar refractivity (Wildman–Crippen MR) is 107 cm³/mol. The first-order valence-electron chi connectivity index (χ1n) is 8.20. The summed E-state index contributed by atoms with van der Waals surface area (Å²) in [5.74, 6) is 2.18. The van der Waals surface area contributed by atoms with Crippen molar-refractivity contribution in [1.82, 2.24) is 4.98 Å². The molecule has 0 aliphatic rings. The maximum absolute atomic E-state index is 6.19. The summed E-state index contributed by atoms with van der Waals surface area (Å²) in [7, 11) is 0. The molecule has 2 aromatic heterocycles. The largest absolute Gasteiger partial charge is 0.460 e. The first kappa shape index (κ1) is 16.4. The fraction of sp³-hybridized carbons (Fsp3) is 0.0476. The molecular formula is C21H16ClN3O. The second kappa shape index (κ2) is 7.02. The van der Waals surface area contributed by atoms with Gasteiger partial charge >= 0.3 is 0 Å². The molecule has 2 aromatic carbocycles. The van der Waals surface area contributed by atoms with Crippen LogP contribution in [-0.2, 0) is 0 Å². The molecule has 0 unspecified atom stereocenters. The van der Waals surface area contributed by atoms with Gasteiger partial charge < -0.3 is 4.42 Å². The molecule has 5 heteroatoms. The SMILES string of the molecule is Cc1ccc(/C=N/Nc2cc(-c3ccccc3)c3cc(Cl)ccc3n2)o1. The lowest BCUT2D eigenvalue weighted by molar-refractivity contribution is 0.528. The molecule has 0 spiro atoms. The zero-order valence-electron chi connectivity index (χ0n) is 14.1. The van der Waals surface area contributed by atoms with E-state index >= 15 is 0 Å². The van der Waals surface area contributed by atoms with Gasteiger partial charge in [-0.05, 0) is 54.4 Å². The average molecular weight is 362 g/mol. The van der Waals surface area contributed by atoms with Gasteiger partial charge in [0.05, 0.1) is 11.7 Å². The van der Waals surface area contributed by atoms with Gasteiger partial charge in [0.1, 0.15) is 17.3 Å². The lowest BCUT2D eigenvalue weighted by atomic mass is 10.0. The molecule has 0 saturated carbocycles. The molecule has 0 radical (unpaired) electrons. The fourth-order valence-corrected chi connectivity index (χ4v) is 2.97. The van der Waals surface area contributed by atoms with E-state index in [4.69, 9.17) is 16.0 Å². The minimum absolute atomic E-state index is 0.651. The Hall–Kier alpha value is -3.11. The second-order valence-electron chi connectivity index (χ2n) is 5.90. The highest BCUT2D eigenvalue weighted by molar-refractivity contribution is 6.31. The minimum atomic E-state index is 0.651. The Morgan fingerprint density at radius 1 is 1.04 bits per heavy atom. The minimum Gasteiger partial charge on any atom is -0.460 e. The summed E-state index contributed by atoms with van der Waals surface area (Å²) >= 11 is 6.19. The molecule has 4 rings (SSSR count). The fourth-order valence-electron chi connectivity index (χ4n) is 2.80. The third-order valence-corrected chi connectivity index (χ3v) is 4.22. The molecule has 128 valence electrons. The van der Waals surface area contributed by atoms with Crippen molar-refractivity contribution in [3.8, 4) is 11.1 Å². The molecule has 4 nitrogen and oxygen atoms in total. The number of nitrogens with zero attached hydrogens (tertiary/aromatic N) is 2. The van der Waals surface area contributed by atoms with Crippen molar-refractivity contribution >= 4 is 34.5 Å². The van der Waals surface area contributed by atoms with Crippen LogP contribution in [0.15, 0.2) is 76.2 Å². The topological polar surface area (TPSA) is 50.4 Å². The van der Waals surface area contributed by atoms with Crippen LogP contribution < -0.4 is 5.43 Å². The van der Waals surface area contributed by atoms with Crippen molar-refractivity contribution in [2.24, 2.45) is 5.10 Å². The summed E-state index contributed by atoms with van der Waals surface area (Å²) in [5.41, 5.74) is 5.97. The molecule has 4 aromatic rings. The summed E-state index contributed by atoms with van der Waals surface area (Å²) in [6, 6.07) is 21.6. The number of aromatic nitrogens is 1. The van der Waals surface area contributed by atoms with E-state index in [1.54, 1.807) is 6.21 Å². The molecule has 0 aliphatic heterocycles. The molecule has 0 atom stereocenters. The number of halogens is 1. The molecule has 0 bridgehead atoms. The van der Waals surface area contributed by atoms with E-state index in [-0.39, 0.29) is 0 Å². The summed E-state index contributed by atoms with van der Waals surface area (Å²) < 4.78 is 5.47. The van der Waals surface area contributed by atoms with Crippen molar-refractivity contribution in [1.29, 1.82) is 0 Å². The Balaban J connectivity index is 1.74. The van der Waals surface area contributed by atoms with Gasteiger partial charge in [-0.25, -0.2) is 4.98 Å². The maximum atomic E-state index is 6.19. The van der Waals surface area contributed by atoms with Crippen LogP contribution >= 0.6 is 11.6 Å². The number of nitrogens with one attached hydrogen (secondary N) is 1. The van der Waals surface area contributed by atoms with Crippen LogP contribution in [0.4, 0.5) is 5.82 Å². The van der Waals surface area contributed by atoms with Crippen LogP contribution in [0, 0.1) is 6.92 Å². The number of hydrogen-bond acceptors (Lipinski definition) is 4. The Labute approximate surface area is 156 Å². The smallest absolute Gasteiger partial charge is 0.147 e. The van der Waals surface area contributed by atoms with E-state index in [1.165, 1.54) is 0 Å². The molecular weight excluding hydrogens is 346 g/mol. The molecule has 2 heterocycles. The zero-order chi connectivity index (χ0) is 17.9. The van der Waals surface area contributed by atoms with Gasteiger partial charge in [-0.1, -0.05) is 41.9 Å². The van der Waals surface area contributed by atoms with E-state index in [0.717, 1.165) is 27.8 Å². The van der Waals surface area contributed by atoms with Gasteiger partial charge in [-0.15, -0.1) is 0 Å². The van der Waals surface area contributed by atoms with E-state index in [9.17, 15) is 0 Å². The quantitative estimate of drug-likeness (QED) is 0.363. The normalized spacial score (nSPS) is 11.3. The zero-order valence-corrected chi connectivity index (χ0v) is 14.9. The van der Waals surface area contributed by atoms with Crippen LogP contribution in [0.1, 0.15) is 11.5 Å². The van der Waals surface area contributed by atoms with Crippen LogP contribution in [0.25, 0.3) is 22.0 Å². The average Bonchev–Trinajstić information content (AvgIpc) is 3.07. The monoisotopic (exact) mass is 361 g/mol. The third-order valence-electron chi connectivity index (χ3n) is 3.99. The van der Waals surface area contributed by atoms with Crippen LogP contribution in [0.2, 0.25) is 5.02 Å². The number of aryl methyl sites for hydroxylation is 1. The Morgan fingerprint density at radius 3 is 2.65 bits per heavy atom. The lowest BCUT2D eigenvalue weighted by Crippen LogP contribution is -1.95. The van der Waals surface area contributed by atoms with E-state index in [1.807, 2.05) is 61.5 Å². The number of benzene rings is 2. The Bertz CT molecular complexity index is 1090. The molecule has 1 N–H and O–H groups in total. The number of rotatable bonds is 4. The van der Waals surface area contributed by atoms with E-state index in [2.05, 4.69) is 27.6 Å². The highest BCUT2D eigenvalue weighted by atomic mass is 35.5. The second-order valence-corrected chi connectivity index (χ2v) is 6.34. The molecule has 0 amide bonds. The van der Waals surface area contributed by atoms with Crippen LogP contribution in [0.3, 0.4) is 0 Å². The number of pyridine rings is 1.